The topological polar surface area (TPSA) is 43.4 Å². The zero-order chi connectivity index (χ0) is 13.3. The van der Waals surface area contributed by atoms with Crippen molar-refractivity contribution in [1.82, 2.24) is 0 Å². The first-order valence-electron chi connectivity index (χ1n) is 5.52. The summed E-state index contributed by atoms with van der Waals surface area (Å²) < 4.78 is 4.50. The molecule has 0 aliphatic carbocycles. The van der Waals surface area contributed by atoms with Crippen LogP contribution < -0.4 is 0 Å². The Bertz CT molecular complexity index is 470. The molecule has 3 nitrogen and oxygen atoms in total. The summed E-state index contributed by atoms with van der Waals surface area (Å²) in [7, 11) is 1.22. The second-order valence-corrected chi connectivity index (χ2v) is 4.32. The summed E-state index contributed by atoms with van der Waals surface area (Å²) in [4.78, 5) is 23.3. The lowest BCUT2D eigenvalue weighted by Gasteiger charge is -2.16. The van der Waals surface area contributed by atoms with E-state index < -0.39 is 11.8 Å². The Balaban J connectivity index is 3.55. The van der Waals surface area contributed by atoms with Crippen LogP contribution in [0.5, 0.6) is 0 Å². The first kappa shape index (κ1) is 13.4. The lowest BCUT2D eigenvalue weighted by Crippen LogP contribution is -2.19. The van der Waals surface area contributed by atoms with Crippen molar-refractivity contribution in [3.63, 3.8) is 0 Å². The van der Waals surface area contributed by atoms with Gasteiger partial charge in [0.1, 0.15) is 0 Å². The van der Waals surface area contributed by atoms with E-state index in [1.807, 2.05) is 34.6 Å². The fourth-order valence-electron chi connectivity index (χ4n) is 2.04. The van der Waals surface area contributed by atoms with E-state index in [2.05, 4.69) is 4.74 Å². The number of rotatable bonds is 2. The zero-order valence-corrected chi connectivity index (χ0v) is 11.2. The largest absolute Gasteiger partial charge is 0.463 e. The molecule has 0 aromatic heterocycles. The van der Waals surface area contributed by atoms with Gasteiger partial charge < -0.3 is 4.74 Å². The van der Waals surface area contributed by atoms with Crippen molar-refractivity contribution in [1.29, 1.82) is 0 Å². The minimum absolute atomic E-state index is 0.484. The molecule has 1 rings (SSSR count). The molecule has 1 aromatic carbocycles. The van der Waals surface area contributed by atoms with Gasteiger partial charge in [0.05, 0.1) is 7.11 Å². The van der Waals surface area contributed by atoms with Gasteiger partial charge in [-0.3, -0.25) is 4.79 Å². The summed E-state index contributed by atoms with van der Waals surface area (Å²) in [5.41, 5.74) is 5.49. The van der Waals surface area contributed by atoms with E-state index in [-0.39, 0.29) is 0 Å². The number of carbonyl (C=O) groups is 2. The molecule has 17 heavy (non-hydrogen) atoms. The quantitative estimate of drug-likeness (QED) is 0.449. The number of hydrogen-bond acceptors (Lipinski definition) is 3. The molecule has 0 saturated heterocycles. The maximum atomic E-state index is 12.0. The Hall–Kier alpha value is -1.64. The second kappa shape index (κ2) is 4.70. The molecule has 0 bridgehead atoms. The normalized spacial score (nSPS) is 10.2. The highest BCUT2D eigenvalue weighted by molar-refractivity contribution is 6.41. The van der Waals surface area contributed by atoms with Gasteiger partial charge in [-0.25, -0.2) is 4.79 Å². The summed E-state index contributed by atoms with van der Waals surface area (Å²) in [5, 5.41) is 0. The molecule has 0 fully saturated rings. The summed E-state index contributed by atoms with van der Waals surface area (Å²) in [6.45, 7) is 9.68. The number of ether oxygens (including phenoxy) is 1. The Morgan fingerprint density at radius 1 is 0.765 bits per heavy atom. The van der Waals surface area contributed by atoms with Crippen LogP contribution in [-0.2, 0) is 9.53 Å². The summed E-state index contributed by atoms with van der Waals surface area (Å²) in [6, 6.07) is 0. The molecule has 3 heteroatoms. The van der Waals surface area contributed by atoms with Gasteiger partial charge in [-0.15, -0.1) is 0 Å². The number of Topliss-reactive ketones (excluding diaryl/α,β-unsaturated/α-hetero) is 1. The van der Waals surface area contributed by atoms with Crippen molar-refractivity contribution in [2.24, 2.45) is 0 Å². The van der Waals surface area contributed by atoms with E-state index in [1.165, 1.54) is 12.7 Å². The number of carbonyl (C=O) groups excluding carboxylic acids is 2. The van der Waals surface area contributed by atoms with E-state index in [9.17, 15) is 9.59 Å². The fourth-order valence-corrected chi connectivity index (χ4v) is 2.04. The van der Waals surface area contributed by atoms with Crippen molar-refractivity contribution < 1.29 is 14.3 Å². The highest BCUT2D eigenvalue weighted by Crippen LogP contribution is 2.26. The Morgan fingerprint density at radius 3 is 1.47 bits per heavy atom. The highest BCUT2D eigenvalue weighted by Gasteiger charge is 2.23. The summed E-state index contributed by atoms with van der Waals surface area (Å²) in [5.74, 6) is -1.37. The van der Waals surface area contributed by atoms with Crippen molar-refractivity contribution >= 4 is 11.8 Å². The van der Waals surface area contributed by atoms with Gasteiger partial charge in [0.25, 0.3) is 5.78 Å². The monoisotopic (exact) mass is 234 g/mol. The lowest BCUT2D eigenvalue weighted by molar-refractivity contribution is -0.135. The fraction of sp³-hybridized carbons (Fsp3) is 0.429. The summed E-state index contributed by atoms with van der Waals surface area (Å²) >= 11 is 0. The van der Waals surface area contributed by atoms with Crippen LogP contribution in [0.1, 0.15) is 38.2 Å². The minimum atomic E-state index is -0.807. The third-order valence-corrected chi connectivity index (χ3v) is 3.60. The van der Waals surface area contributed by atoms with Crippen LogP contribution in [0.2, 0.25) is 0 Å². The summed E-state index contributed by atoms with van der Waals surface area (Å²) in [6.07, 6.45) is 0. The molecule has 0 atom stereocenters. The third kappa shape index (κ3) is 2.09. The van der Waals surface area contributed by atoms with Crippen LogP contribution in [0.3, 0.4) is 0 Å². The van der Waals surface area contributed by atoms with Gasteiger partial charge in [0.15, 0.2) is 0 Å². The van der Waals surface area contributed by atoms with Gasteiger partial charge in [-0.2, -0.15) is 0 Å². The van der Waals surface area contributed by atoms with E-state index in [0.717, 1.165) is 22.3 Å². The highest BCUT2D eigenvalue weighted by atomic mass is 16.5. The van der Waals surface area contributed by atoms with Crippen LogP contribution in [0.15, 0.2) is 0 Å². The minimum Gasteiger partial charge on any atom is -0.463 e. The zero-order valence-electron chi connectivity index (χ0n) is 11.2. The number of esters is 1. The molecule has 1 aromatic rings. The van der Waals surface area contributed by atoms with E-state index >= 15 is 0 Å². The van der Waals surface area contributed by atoms with Crippen LogP contribution in [0.25, 0.3) is 0 Å². The number of methoxy groups -OCH3 is 1. The molecular formula is C14H18O3. The average molecular weight is 234 g/mol. The standard InChI is InChI=1S/C14H18O3/c1-7-8(2)10(4)12(11(5)9(7)3)13(15)14(16)17-6/h1-6H3. The van der Waals surface area contributed by atoms with E-state index in [1.54, 1.807) is 0 Å². The van der Waals surface area contributed by atoms with Crippen molar-refractivity contribution in [3.05, 3.63) is 33.4 Å². The molecule has 0 spiro atoms. The molecule has 0 radical (unpaired) electrons. The first-order chi connectivity index (χ1) is 7.82. The van der Waals surface area contributed by atoms with Gasteiger partial charge in [0.2, 0.25) is 0 Å². The predicted octanol–water partition coefficient (Wildman–Crippen LogP) is 2.58. The second-order valence-electron chi connectivity index (χ2n) is 4.32. The molecule has 0 N–H and O–H groups in total. The Kier molecular flexibility index (Phi) is 3.71. The number of benzene rings is 1. The average Bonchev–Trinajstić information content (AvgIpc) is 2.32. The van der Waals surface area contributed by atoms with Crippen molar-refractivity contribution in [2.75, 3.05) is 7.11 Å². The molecule has 0 amide bonds. The molecular weight excluding hydrogens is 216 g/mol. The molecule has 0 aliphatic heterocycles. The van der Waals surface area contributed by atoms with E-state index in [0.29, 0.717) is 5.56 Å². The van der Waals surface area contributed by atoms with Crippen molar-refractivity contribution in [3.8, 4) is 0 Å². The van der Waals surface area contributed by atoms with Gasteiger partial charge in [-0.05, 0) is 62.4 Å². The number of hydrogen-bond donors (Lipinski definition) is 0. The predicted molar refractivity (Wildman–Crippen MR) is 66.5 cm³/mol. The molecule has 0 heterocycles. The molecule has 0 unspecified atom stereocenters. The third-order valence-electron chi connectivity index (χ3n) is 3.60. The van der Waals surface area contributed by atoms with Crippen LogP contribution >= 0.6 is 0 Å². The van der Waals surface area contributed by atoms with Crippen LogP contribution in [0, 0.1) is 34.6 Å². The smallest absolute Gasteiger partial charge is 0.379 e. The van der Waals surface area contributed by atoms with Crippen LogP contribution in [-0.4, -0.2) is 18.9 Å². The van der Waals surface area contributed by atoms with Crippen LogP contribution in [0.4, 0.5) is 0 Å². The molecule has 92 valence electrons. The van der Waals surface area contributed by atoms with Gasteiger partial charge >= 0.3 is 5.97 Å². The van der Waals surface area contributed by atoms with E-state index in [4.69, 9.17) is 0 Å². The molecule has 0 aliphatic rings. The van der Waals surface area contributed by atoms with Gasteiger partial charge in [-0.1, -0.05) is 0 Å². The molecule has 0 saturated carbocycles. The maximum absolute atomic E-state index is 12.0. The van der Waals surface area contributed by atoms with Gasteiger partial charge in [0, 0.05) is 5.56 Å². The first-order valence-corrected chi connectivity index (χ1v) is 5.52. The number of ketones is 1. The maximum Gasteiger partial charge on any atom is 0.379 e. The Morgan fingerprint density at radius 2 is 1.12 bits per heavy atom. The lowest BCUT2D eigenvalue weighted by atomic mass is 9.88. The van der Waals surface area contributed by atoms with Crippen molar-refractivity contribution in [2.45, 2.75) is 34.6 Å². The SMILES string of the molecule is COC(=O)C(=O)c1c(C)c(C)c(C)c(C)c1C. The Labute approximate surface area is 102 Å².